The minimum Gasteiger partial charge on any atom is -0.481 e. The van der Waals surface area contributed by atoms with Crippen molar-refractivity contribution in [2.75, 3.05) is 13.1 Å². The van der Waals surface area contributed by atoms with Gasteiger partial charge in [-0.2, -0.15) is 0 Å². The standard InChI is InChI=1S/C16H29NO2/c1-16(2,3)13-6-4-5-7-14(13)17-9-8-12(11-17)10-15(18)19/h12-14H,4-11H2,1-3H3,(H,18,19). The van der Waals surface area contributed by atoms with Crippen LogP contribution in [0.3, 0.4) is 0 Å². The van der Waals surface area contributed by atoms with Crippen LogP contribution in [0.4, 0.5) is 0 Å². The van der Waals surface area contributed by atoms with E-state index in [9.17, 15) is 4.79 Å². The molecule has 0 amide bonds. The van der Waals surface area contributed by atoms with Gasteiger partial charge in [-0.3, -0.25) is 9.69 Å². The fourth-order valence-corrected chi connectivity index (χ4v) is 4.14. The highest BCUT2D eigenvalue weighted by atomic mass is 16.4. The molecule has 3 heteroatoms. The monoisotopic (exact) mass is 267 g/mol. The Morgan fingerprint density at radius 1 is 1.21 bits per heavy atom. The molecule has 1 aliphatic heterocycles. The van der Waals surface area contributed by atoms with Crippen molar-refractivity contribution in [2.24, 2.45) is 17.3 Å². The van der Waals surface area contributed by atoms with Gasteiger partial charge in [0.15, 0.2) is 0 Å². The number of carboxylic acids is 1. The maximum absolute atomic E-state index is 10.8. The van der Waals surface area contributed by atoms with Gasteiger partial charge in [-0.05, 0) is 43.1 Å². The summed E-state index contributed by atoms with van der Waals surface area (Å²) in [5.74, 6) is 0.507. The molecule has 110 valence electrons. The lowest BCUT2D eigenvalue weighted by atomic mass is 9.69. The molecule has 2 fully saturated rings. The van der Waals surface area contributed by atoms with E-state index in [2.05, 4.69) is 25.7 Å². The van der Waals surface area contributed by atoms with Gasteiger partial charge in [0.25, 0.3) is 0 Å². The largest absolute Gasteiger partial charge is 0.481 e. The first-order valence-corrected chi connectivity index (χ1v) is 7.84. The molecular formula is C16H29NO2. The minimum absolute atomic E-state index is 0.351. The molecule has 1 heterocycles. The second-order valence-electron chi connectivity index (χ2n) is 7.57. The van der Waals surface area contributed by atoms with Gasteiger partial charge in [0.2, 0.25) is 0 Å². The van der Waals surface area contributed by atoms with Gasteiger partial charge in [0.05, 0.1) is 0 Å². The number of nitrogens with zero attached hydrogens (tertiary/aromatic N) is 1. The SMILES string of the molecule is CC(C)(C)C1CCCCC1N1CCC(CC(=O)O)C1. The average molecular weight is 267 g/mol. The first-order valence-electron chi connectivity index (χ1n) is 7.84. The van der Waals surface area contributed by atoms with Gasteiger partial charge in [-0.15, -0.1) is 0 Å². The summed E-state index contributed by atoms with van der Waals surface area (Å²) in [5, 5.41) is 8.93. The molecule has 2 aliphatic rings. The highest BCUT2D eigenvalue weighted by Crippen LogP contribution is 2.41. The summed E-state index contributed by atoms with van der Waals surface area (Å²) in [6.45, 7) is 9.20. The number of aliphatic carboxylic acids is 1. The minimum atomic E-state index is -0.636. The van der Waals surface area contributed by atoms with Crippen molar-refractivity contribution >= 4 is 5.97 Å². The smallest absolute Gasteiger partial charge is 0.303 e. The van der Waals surface area contributed by atoms with E-state index in [0.717, 1.165) is 25.4 Å². The first-order chi connectivity index (χ1) is 8.88. The van der Waals surface area contributed by atoms with Crippen LogP contribution in [0, 0.1) is 17.3 Å². The predicted octanol–water partition coefficient (Wildman–Crippen LogP) is 3.39. The zero-order chi connectivity index (χ0) is 14.0. The highest BCUT2D eigenvalue weighted by molar-refractivity contribution is 5.67. The molecule has 3 atom stereocenters. The van der Waals surface area contributed by atoms with Gasteiger partial charge >= 0.3 is 5.97 Å². The summed E-state index contributed by atoms with van der Waals surface area (Å²) in [5.41, 5.74) is 0.371. The van der Waals surface area contributed by atoms with Crippen LogP contribution in [-0.2, 0) is 4.79 Å². The van der Waals surface area contributed by atoms with Gasteiger partial charge in [0, 0.05) is 19.0 Å². The number of hydrogen-bond acceptors (Lipinski definition) is 2. The molecule has 0 aromatic rings. The van der Waals surface area contributed by atoms with E-state index in [1.807, 2.05) is 0 Å². The Bertz CT molecular complexity index is 321. The van der Waals surface area contributed by atoms with Gasteiger partial charge in [-0.25, -0.2) is 0 Å². The zero-order valence-electron chi connectivity index (χ0n) is 12.7. The van der Waals surface area contributed by atoms with Crippen LogP contribution < -0.4 is 0 Å². The van der Waals surface area contributed by atoms with Crippen LogP contribution in [0.25, 0.3) is 0 Å². The second kappa shape index (κ2) is 5.82. The van der Waals surface area contributed by atoms with E-state index >= 15 is 0 Å². The van der Waals surface area contributed by atoms with E-state index in [1.165, 1.54) is 25.7 Å². The van der Waals surface area contributed by atoms with Crippen molar-refractivity contribution in [3.63, 3.8) is 0 Å². The quantitative estimate of drug-likeness (QED) is 0.852. The Kier molecular flexibility index (Phi) is 4.54. The Morgan fingerprint density at radius 2 is 1.89 bits per heavy atom. The number of carboxylic acid groups (broad SMARTS) is 1. The fraction of sp³-hybridized carbons (Fsp3) is 0.938. The average Bonchev–Trinajstić information content (AvgIpc) is 2.75. The molecule has 0 aromatic heterocycles. The lowest BCUT2D eigenvalue weighted by molar-refractivity contribution is -0.138. The molecule has 1 aliphatic carbocycles. The van der Waals surface area contributed by atoms with Crippen molar-refractivity contribution in [1.82, 2.24) is 4.90 Å². The first kappa shape index (κ1) is 14.8. The van der Waals surface area contributed by atoms with Crippen LogP contribution in [0.2, 0.25) is 0 Å². The molecule has 2 rings (SSSR count). The summed E-state index contributed by atoms with van der Waals surface area (Å²) in [4.78, 5) is 13.4. The Hall–Kier alpha value is -0.570. The van der Waals surface area contributed by atoms with Gasteiger partial charge < -0.3 is 5.11 Å². The van der Waals surface area contributed by atoms with E-state index in [1.54, 1.807) is 0 Å². The lowest BCUT2D eigenvalue weighted by Crippen LogP contribution is -2.46. The Labute approximate surface area is 117 Å². The third-order valence-electron chi connectivity index (χ3n) is 5.09. The zero-order valence-corrected chi connectivity index (χ0v) is 12.7. The van der Waals surface area contributed by atoms with E-state index < -0.39 is 5.97 Å². The fourth-order valence-electron chi connectivity index (χ4n) is 4.14. The molecule has 0 bridgehead atoms. The molecular weight excluding hydrogens is 238 g/mol. The summed E-state index contributed by atoms with van der Waals surface area (Å²) in [6, 6.07) is 0.688. The van der Waals surface area contributed by atoms with Crippen LogP contribution >= 0.6 is 0 Å². The summed E-state index contributed by atoms with van der Waals surface area (Å²) in [7, 11) is 0. The van der Waals surface area contributed by atoms with E-state index in [4.69, 9.17) is 5.11 Å². The maximum atomic E-state index is 10.8. The van der Waals surface area contributed by atoms with E-state index in [-0.39, 0.29) is 0 Å². The Morgan fingerprint density at radius 3 is 2.53 bits per heavy atom. The molecule has 3 nitrogen and oxygen atoms in total. The third kappa shape index (κ3) is 3.71. The molecule has 0 radical (unpaired) electrons. The number of rotatable bonds is 3. The van der Waals surface area contributed by atoms with Crippen molar-refractivity contribution in [2.45, 2.75) is 65.3 Å². The topological polar surface area (TPSA) is 40.5 Å². The van der Waals surface area contributed by atoms with Gasteiger partial charge in [0.1, 0.15) is 0 Å². The summed E-state index contributed by atoms with van der Waals surface area (Å²) >= 11 is 0. The third-order valence-corrected chi connectivity index (χ3v) is 5.09. The lowest BCUT2D eigenvalue weighted by Gasteiger charge is -2.44. The Balaban J connectivity index is 1.98. The maximum Gasteiger partial charge on any atom is 0.303 e. The number of carbonyl (C=O) groups is 1. The van der Waals surface area contributed by atoms with Crippen LogP contribution in [0.15, 0.2) is 0 Å². The summed E-state index contributed by atoms with van der Waals surface area (Å²) in [6.07, 6.45) is 6.78. The van der Waals surface area contributed by atoms with Gasteiger partial charge in [-0.1, -0.05) is 33.6 Å². The van der Waals surface area contributed by atoms with Crippen LogP contribution in [0.5, 0.6) is 0 Å². The van der Waals surface area contributed by atoms with Crippen molar-refractivity contribution in [3.8, 4) is 0 Å². The molecule has 19 heavy (non-hydrogen) atoms. The molecule has 0 aromatic carbocycles. The predicted molar refractivity (Wildman–Crippen MR) is 77.1 cm³/mol. The second-order valence-corrected chi connectivity index (χ2v) is 7.57. The molecule has 0 spiro atoms. The molecule has 1 saturated carbocycles. The summed E-state index contributed by atoms with van der Waals surface area (Å²) < 4.78 is 0. The van der Waals surface area contributed by atoms with Crippen molar-refractivity contribution < 1.29 is 9.90 Å². The molecule has 3 unspecified atom stereocenters. The highest BCUT2D eigenvalue weighted by Gasteiger charge is 2.39. The van der Waals surface area contributed by atoms with Crippen molar-refractivity contribution in [3.05, 3.63) is 0 Å². The van der Waals surface area contributed by atoms with Crippen LogP contribution in [-0.4, -0.2) is 35.1 Å². The van der Waals surface area contributed by atoms with E-state index in [0.29, 0.717) is 23.8 Å². The number of likely N-dealkylation sites (tertiary alicyclic amines) is 1. The number of hydrogen-bond donors (Lipinski definition) is 1. The van der Waals surface area contributed by atoms with Crippen LogP contribution in [0.1, 0.15) is 59.3 Å². The molecule has 1 saturated heterocycles. The normalized spacial score (nSPS) is 33.5. The van der Waals surface area contributed by atoms with Crippen molar-refractivity contribution in [1.29, 1.82) is 0 Å². The molecule has 1 N–H and O–H groups in total.